The molecule has 3 nitrogen and oxygen atoms in total. The highest BCUT2D eigenvalue weighted by Gasteiger charge is 2.08. The Bertz CT molecular complexity index is 818. The second-order valence-corrected chi connectivity index (χ2v) is 9.41. The van der Waals surface area contributed by atoms with Crippen LogP contribution in [0, 0.1) is 0 Å². The largest absolute Gasteiger partial charge is 0.494 e. The molecule has 3 aromatic rings. The molecule has 164 valence electrons. The fourth-order valence-electron chi connectivity index (χ4n) is 3.80. The number of hydrogen-bond acceptors (Lipinski definition) is 3. The number of benzene rings is 1. The third-order valence-corrected chi connectivity index (χ3v) is 6.70. The van der Waals surface area contributed by atoms with Crippen molar-refractivity contribution in [2.24, 2.45) is 0 Å². The van der Waals surface area contributed by atoms with Crippen molar-refractivity contribution in [1.82, 2.24) is 9.38 Å². The molecule has 0 spiro atoms. The van der Waals surface area contributed by atoms with E-state index in [9.17, 15) is 0 Å². The molecule has 0 radical (unpaired) electrons. The van der Waals surface area contributed by atoms with Crippen molar-refractivity contribution in [3.63, 3.8) is 0 Å². The van der Waals surface area contributed by atoms with E-state index in [1.54, 1.807) is 0 Å². The van der Waals surface area contributed by atoms with Gasteiger partial charge >= 0.3 is 0 Å². The maximum Gasteiger partial charge on any atom is 0.194 e. The van der Waals surface area contributed by atoms with Crippen LogP contribution in [0.15, 0.2) is 36.7 Å². The molecule has 0 amide bonds. The number of unbranched alkanes of at least 4 members (excludes halogenated alkanes) is 9. The lowest BCUT2D eigenvalue weighted by molar-refractivity contribution is 0.304. The maximum atomic E-state index is 5.90. The van der Waals surface area contributed by atoms with Crippen molar-refractivity contribution in [1.29, 1.82) is 0 Å². The Labute approximate surface area is 186 Å². The lowest BCUT2D eigenvalue weighted by Gasteiger charge is -2.06. The van der Waals surface area contributed by atoms with Gasteiger partial charge in [-0.25, -0.2) is 4.98 Å². The summed E-state index contributed by atoms with van der Waals surface area (Å²) in [5.41, 5.74) is 2.19. The first-order valence-corrected chi connectivity index (χ1v) is 12.8. The highest BCUT2D eigenvalue weighted by Crippen LogP contribution is 2.26. The average Bonchev–Trinajstić information content (AvgIpc) is 3.32. The number of thiazole rings is 1. The van der Waals surface area contributed by atoms with Gasteiger partial charge in [0.1, 0.15) is 5.75 Å². The molecule has 30 heavy (non-hydrogen) atoms. The Hall–Kier alpha value is -1.81. The minimum atomic E-state index is 0.812. The summed E-state index contributed by atoms with van der Waals surface area (Å²) in [6, 6.07) is 8.39. The van der Waals surface area contributed by atoms with Gasteiger partial charge < -0.3 is 4.74 Å². The minimum Gasteiger partial charge on any atom is -0.494 e. The molecule has 0 unspecified atom stereocenters. The van der Waals surface area contributed by atoms with E-state index in [1.807, 2.05) is 11.3 Å². The second kappa shape index (κ2) is 12.8. The fraction of sp³-hybridized carbons (Fsp3) is 0.577. The zero-order valence-electron chi connectivity index (χ0n) is 18.9. The molecular weight excluding hydrogens is 388 g/mol. The summed E-state index contributed by atoms with van der Waals surface area (Å²) in [4.78, 5) is 7.38. The highest BCUT2D eigenvalue weighted by molar-refractivity contribution is 7.17. The molecule has 0 saturated carbocycles. The van der Waals surface area contributed by atoms with Gasteiger partial charge in [-0.1, -0.05) is 71.6 Å². The van der Waals surface area contributed by atoms with E-state index in [2.05, 4.69) is 54.9 Å². The molecule has 0 aliphatic rings. The van der Waals surface area contributed by atoms with Crippen LogP contribution in [-0.4, -0.2) is 16.0 Å². The summed E-state index contributed by atoms with van der Waals surface area (Å²) < 4.78 is 8.09. The van der Waals surface area contributed by atoms with Gasteiger partial charge in [0.15, 0.2) is 4.96 Å². The summed E-state index contributed by atoms with van der Waals surface area (Å²) in [5.74, 6) is 0.957. The Balaban J connectivity index is 1.44. The van der Waals surface area contributed by atoms with Gasteiger partial charge in [-0.3, -0.25) is 4.40 Å². The van der Waals surface area contributed by atoms with Crippen molar-refractivity contribution in [3.8, 4) is 17.0 Å². The van der Waals surface area contributed by atoms with Crippen LogP contribution in [0.5, 0.6) is 5.75 Å². The second-order valence-electron chi connectivity index (χ2n) is 8.32. The van der Waals surface area contributed by atoms with Crippen LogP contribution in [-0.2, 0) is 6.42 Å². The zero-order valence-corrected chi connectivity index (χ0v) is 19.7. The average molecular weight is 427 g/mol. The summed E-state index contributed by atoms with van der Waals surface area (Å²) >= 11 is 1.83. The molecule has 0 aliphatic heterocycles. The number of fused-ring (bicyclic) bond motifs is 1. The van der Waals surface area contributed by atoms with E-state index in [0.29, 0.717) is 0 Å². The lowest BCUT2D eigenvalue weighted by atomic mass is 10.1. The lowest BCUT2D eigenvalue weighted by Crippen LogP contribution is -1.97. The first kappa shape index (κ1) is 22.9. The molecule has 3 rings (SSSR count). The van der Waals surface area contributed by atoms with Crippen molar-refractivity contribution in [3.05, 3.63) is 41.5 Å². The Morgan fingerprint density at radius 2 is 1.47 bits per heavy atom. The number of nitrogens with zero attached hydrogens (tertiary/aromatic N) is 2. The minimum absolute atomic E-state index is 0.812. The number of rotatable bonds is 15. The fourth-order valence-corrected chi connectivity index (χ4v) is 4.80. The van der Waals surface area contributed by atoms with Crippen LogP contribution >= 0.6 is 11.3 Å². The molecule has 0 fully saturated rings. The van der Waals surface area contributed by atoms with Crippen LogP contribution in [0.2, 0.25) is 0 Å². The van der Waals surface area contributed by atoms with E-state index in [1.165, 1.54) is 75.5 Å². The van der Waals surface area contributed by atoms with Gasteiger partial charge in [0, 0.05) is 22.8 Å². The van der Waals surface area contributed by atoms with E-state index >= 15 is 0 Å². The van der Waals surface area contributed by atoms with Gasteiger partial charge in [0.05, 0.1) is 12.3 Å². The predicted molar refractivity (Wildman–Crippen MR) is 130 cm³/mol. The van der Waals surface area contributed by atoms with Gasteiger partial charge in [-0.05, 0) is 43.5 Å². The first-order valence-electron chi connectivity index (χ1n) is 12.0. The third kappa shape index (κ3) is 7.16. The van der Waals surface area contributed by atoms with Gasteiger partial charge in [-0.15, -0.1) is 11.3 Å². The SMILES string of the molecule is CCCCCCCCOc1ccc(-c2cn3cc(CCCCCCC)sc3n2)cc1. The predicted octanol–water partition coefficient (Wildman–Crippen LogP) is 8.32. The number of hydrogen-bond donors (Lipinski definition) is 0. The van der Waals surface area contributed by atoms with Crippen molar-refractivity contribution in [2.45, 2.75) is 90.9 Å². The molecular formula is C26H38N2OS. The number of aryl methyl sites for hydroxylation is 1. The normalized spacial score (nSPS) is 11.4. The van der Waals surface area contributed by atoms with Gasteiger partial charge in [-0.2, -0.15) is 0 Å². The molecule has 2 aromatic heterocycles. The van der Waals surface area contributed by atoms with Gasteiger partial charge in [0.25, 0.3) is 0 Å². The quantitative estimate of drug-likeness (QED) is 0.228. The van der Waals surface area contributed by atoms with Crippen LogP contribution in [0.25, 0.3) is 16.2 Å². The molecule has 4 heteroatoms. The molecule has 2 heterocycles. The molecule has 0 saturated heterocycles. The van der Waals surface area contributed by atoms with Gasteiger partial charge in [0.2, 0.25) is 0 Å². The van der Waals surface area contributed by atoms with Crippen LogP contribution in [0.4, 0.5) is 0 Å². The standard InChI is InChI=1S/C26H38N2OS/c1-3-5-7-9-11-13-19-29-23-17-15-22(16-18-23)25-21-28-20-24(30-26(28)27-25)14-12-10-8-6-4-2/h15-18,20-21H,3-14,19H2,1-2H3. The topological polar surface area (TPSA) is 26.5 Å². The highest BCUT2D eigenvalue weighted by atomic mass is 32.1. The van der Waals surface area contributed by atoms with Crippen molar-refractivity contribution in [2.75, 3.05) is 6.61 Å². The van der Waals surface area contributed by atoms with E-state index in [4.69, 9.17) is 9.72 Å². The van der Waals surface area contributed by atoms with E-state index < -0.39 is 0 Å². The number of aromatic nitrogens is 2. The number of imidazole rings is 1. The summed E-state index contributed by atoms with van der Waals surface area (Å²) in [7, 11) is 0. The molecule has 1 aromatic carbocycles. The monoisotopic (exact) mass is 426 g/mol. The zero-order chi connectivity index (χ0) is 21.0. The Morgan fingerprint density at radius 3 is 2.17 bits per heavy atom. The smallest absolute Gasteiger partial charge is 0.194 e. The molecule has 0 N–H and O–H groups in total. The first-order chi connectivity index (χ1) is 14.8. The van der Waals surface area contributed by atoms with E-state index in [-0.39, 0.29) is 0 Å². The third-order valence-electron chi connectivity index (χ3n) is 5.65. The summed E-state index contributed by atoms with van der Waals surface area (Å²) in [6.07, 6.45) is 20.0. The molecule has 0 aliphatic carbocycles. The van der Waals surface area contributed by atoms with Crippen LogP contribution in [0.1, 0.15) is 89.4 Å². The van der Waals surface area contributed by atoms with Crippen molar-refractivity contribution < 1.29 is 4.74 Å². The maximum absolute atomic E-state index is 5.90. The van der Waals surface area contributed by atoms with Crippen molar-refractivity contribution >= 4 is 16.3 Å². The van der Waals surface area contributed by atoms with Crippen LogP contribution in [0.3, 0.4) is 0 Å². The summed E-state index contributed by atoms with van der Waals surface area (Å²) in [6.45, 7) is 5.34. The Morgan fingerprint density at radius 1 is 0.800 bits per heavy atom. The number of ether oxygens (including phenoxy) is 1. The summed E-state index contributed by atoms with van der Waals surface area (Å²) in [5, 5.41) is 0. The van der Waals surface area contributed by atoms with E-state index in [0.717, 1.165) is 35.0 Å². The molecule has 0 bridgehead atoms. The Kier molecular flexibility index (Phi) is 9.75. The molecule has 0 atom stereocenters. The van der Waals surface area contributed by atoms with Crippen LogP contribution < -0.4 is 4.74 Å².